The van der Waals surface area contributed by atoms with Crippen molar-refractivity contribution in [2.45, 2.75) is 63.5 Å². The van der Waals surface area contributed by atoms with Gasteiger partial charge in [-0.3, -0.25) is 0 Å². The summed E-state index contributed by atoms with van der Waals surface area (Å²) in [6, 6.07) is 4.30. The molecule has 2 rings (SSSR count). The number of carbonyl (C=O) groups excluding carboxylic acids is 1. The number of nitrogens with zero attached hydrogens (tertiary/aromatic N) is 1. The second kappa shape index (κ2) is 10.1. The Morgan fingerprint density at radius 3 is 2.57 bits per heavy atom. The average molecular weight is 476 g/mol. The van der Waals surface area contributed by atoms with Crippen LogP contribution < -0.4 is 10.0 Å². The van der Waals surface area contributed by atoms with E-state index in [1.165, 1.54) is 18.3 Å². The maximum absolute atomic E-state index is 12.7. The molecule has 1 aromatic heterocycles. The smallest absolute Gasteiger partial charge is 0.407 e. The lowest BCUT2D eigenvalue weighted by atomic mass is 10.1. The normalized spacial score (nSPS) is 13.3. The molecule has 30 heavy (non-hydrogen) atoms. The van der Waals surface area contributed by atoms with Crippen LogP contribution in [-0.2, 0) is 14.8 Å². The van der Waals surface area contributed by atoms with Crippen LogP contribution in [0.2, 0.25) is 10.2 Å². The minimum atomic E-state index is -3.73. The fourth-order valence-electron chi connectivity index (χ4n) is 2.79. The molecule has 7 nitrogen and oxygen atoms in total. The summed E-state index contributed by atoms with van der Waals surface area (Å²) >= 11 is 12.2. The van der Waals surface area contributed by atoms with E-state index in [9.17, 15) is 13.2 Å². The Balaban J connectivity index is 1.87. The van der Waals surface area contributed by atoms with Crippen LogP contribution in [0.15, 0.2) is 29.3 Å². The molecule has 0 fully saturated rings. The highest BCUT2D eigenvalue weighted by Gasteiger charge is 2.19. The Bertz CT molecular complexity index is 1010. The van der Waals surface area contributed by atoms with E-state index < -0.39 is 21.7 Å². The number of aromatic nitrogens is 1. The number of fused-ring (bicyclic) bond motifs is 1. The maximum Gasteiger partial charge on any atom is 0.407 e. The van der Waals surface area contributed by atoms with E-state index in [0.29, 0.717) is 35.2 Å². The van der Waals surface area contributed by atoms with Gasteiger partial charge in [-0.05, 0) is 52.7 Å². The predicted octanol–water partition coefficient (Wildman–Crippen LogP) is 4.90. The molecule has 166 valence electrons. The molecular weight excluding hydrogens is 449 g/mol. The summed E-state index contributed by atoms with van der Waals surface area (Å²) in [4.78, 5) is 15.6. The first kappa shape index (κ1) is 24.7. The van der Waals surface area contributed by atoms with Gasteiger partial charge >= 0.3 is 6.09 Å². The van der Waals surface area contributed by atoms with Gasteiger partial charge in [-0.1, -0.05) is 35.7 Å². The van der Waals surface area contributed by atoms with Crippen molar-refractivity contribution in [2.75, 3.05) is 6.54 Å². The molecule has 0 bridgehead atoms. The predicted molar refractivity (Wildman–Crippen MR) is 120 cm³/mol. The average Bonchev–Trinajstić information content (AvgIpc) is 2.62. The first-order valence-corrected chi connectivity index (χ1v) is 11.9. The fourth-order valence-corrected chi connectivity index (χ4v) is 4.52. The first-order chi connectivity index (χ1) is 13.9. The van der Waals surface area contributed by atoms with Crippen molar-refractivity contribution in [1.29, 1.82) is 0 Å². The van der Waals surface area contributed by atoms with E-state index in [0.717, 1.165) is 6.42 Å². The van der Waals surface area contributed by atoms with Crippen molar-refractivity contribution in [3.05, 3.63) is 34.6 Å². The molecule has 2 N–H and O–H groups in total. The van der Waals surface area contributed by atoms with E-state index >= 15 is 0 Å². The van der Waals surface area contributed by atoms with Crippen molar-refractivity contribution < 1.29 is 17.9 Å². The van der Waals surface area contributed by atoms with E-state index in [4.69, 9.17) is 27.9 Å². The number of halogens is 2. The number of sulfonamides is 1. The van der Waals surface area contributed by atoms with Crippen LogP contribution in [0.5, 0.6) is 0 Å². The van der Waals surface area contributed by atoms with Crippen molar-refractivity contribution in [2.24, 2.45) is 0 Å². The monoisotopic (exact) mass is 475 g/mol. The molecule has 0 aliphatic rings. The SMILES string of the molecule is C[C@H](CCCCNC(=O)OC(C)(C)C)NS(=O)(=O)c1ccc2c(Cl)cnc(Cl)c2c1. The van der Waals surface area contributed by atoms with Gasteiger partial charge in [-0.15, -0.1) is 0 Å². The number of hydrogen-bond acceptors (Lipinski definition) is 5. The molecule has 0 radical (unpaired) electrons. The zero-order valence-corrected chi connectivity index (χ0v) is 19.8. The number of benzene rings is 1. The number of pyridine rings is 1. The van der Waals surface area contributed by atoms with Crippen LogP contribution >= 0.6 is 23.2 Å². The van der Waals surface area contributed by atoms with Crippen LogP contribution in [0.3, 0.4) is 0 Å². The summed E-state index contributed by atoms with van der Waals surface area (Å²) < 4.78 is 33.3. The highest BCUT2D eigenvalue weighted by atomic mass is 35.5. The largest absolute Gasteiger partial charge is 0.444 e. The minimum absolute atomic E-state index is 0.0967. The lowest BCUT2D eigenvalue weighted by Crippen LogP contribution is -2.34. The summed E-state index contributed by atoms with van der Waals surface area (Å²) in [5, 5.41) is 4.40. The van der Waals surface area contributed by atoms with E-state index in [-0.39, 0.29) is 16.1 Å². The van der Waals surface area contributed by atoms with Gasteiger partial charge in [0.25, 0.3) is 0 Å². The van der Waals surface area contributed by atoms with Gasteiger partial charge in [-0.2, -0.15) is 0 Å². The third-order valence-corrected chi connectivity index (χ3v) is 6.35. The lowest BCUT2D eigenvalue weighted by Gasteiger charge is -2.19. The van der Waals surface area contributed by atoms with Gasteiger partial charge in [0.2, 0.25) is 10.0 Å². The van der Waals surface area contributed by atoms with E-state index in [1.807, 2.05) is 0 Å². The van der Waals surface area contributed by atoms with E-state index in [1.54, 1.807) is 33.8 Å². The summed E-state index contributed by atoms with van der Waals surface area (Å²) in [7, 11) is -3.73. The number of alkyl carbamates (subject to hydrolysis) is 1. The molecule has 2 aromatic rings. The highest BCUT2D eigenvalue weighted by molar-refractivity contribution is 7.89. The Morgan fingerprint density at radius 2 is 1.90 bits per heavy atom. The summed E-state index contributed by atoms with van der Waals surface area (Å²) in [5.74, 6) is 0. The number of hydrogen-bond donors (Lipinski definition) is 2. The Labute approximate surface area is 187 Å². The summed E-state index contributed by atoms with van der Waals surface area (Å²) in [5.41, 5.74) is -0.536. The molecule has 1 amide bonds. The van der Waals surface area contributed by atoms with Gasteiger partial charge in [0.15, 0.2) is 0 Å². The third-order valence-electron chi connectivity index (χ3n) is 4.16. The molecule has 0 saturated heterocycles. The van der Waals surface area contributed by atoms with Gasteiger partial charge in [0.1, 0.15) is 10.8 Å². The molecule has 0 aliphatic carbocycles. The Kier molecular flexibility index (Phi) is 8.33. The summed E-state index contributed by atoms with van der Waals surface area (Å²) in [6.07, 6.45) is 3.04. The third kappa shape index (κ3) is 7.27. The quantitative estimate of drug-likeness (QED) is 0.417. The first-order valence-electron chi connectivity index (χ1n) is 9.62. The topological polar surface area (TPSA) is 97.4 Å². The Hall–Kier alpha value is -1.61. The van der Waals surface area contributed by atoms with Crippen molar-refractivity contribution in [3.8, 4) is 0 Å². The molecule has 0 unspecified atom stereocenters. The van der Waals surface area contributed by atoms with Gasteiger partial charge < -0.3 is 10.1 Å². The zero-order valence-electron chi connectivity index (χ0n) is 17.5. The van der Waals surface area contributed by atoms with E-state index in [2.05, 4.69) is 15.0 Å². The van der Waals surface area contributed by atoms with Crippen LogP contribution in [-0.4, -0.2) is 37.7 Å². The van der Waals surface area contributed by atoms with Gasteiger partial charge in [-0.25, -0.2) is 22.9 Å². The van der Waals surface area contributed by atoms with Crippen LogP contribution in [0, 0.1) is 0 Å². The molecule has 1 aromatic carbocycles. The van der Waals surface area contributed by atoms with Crippen molar-refractivity contribution in [3.63, 3.8) is 0 Å². The van der Waals surface area contributed by atoms with Crippen molar-refractivity contribution in [1.82, 2.24) is 15.0 Å². The van der Waals surface area contributed by atoms with Crippen LogP contribution in [0.4, 0.5) is 4.79 Å². The second-order valence-electron chi connectivity index (χ2n) is 8.05. The fraction of sp³-hybridized carbons (Fsp3) is 0.500. The molecule has 0 saturated carbocycles. The standard InChI is InChI=1S/C20H27Cl2N3O4S/c1-13(7-5-6-10-23-19(26)29-20(2,3)4)25-30(27,28)14-8-9-15-16(11-14)18(22)24-12-17(15)21/h8-9,11-13,25H,5-7,10H2,1-4H3,(H,23,26)/t13-/m1/s1. The van der Waals surface area contributed by atoms with Crippen molar-refractivity contribution >= 4 is 50.1 Å². The number of ether oxygens (including phenoxy) is 1. The molecular formula is C20H27Cl2N3O4S. The number of unbranched alkanes of at least 4 members (excludes halogenated alkanes) is 1. The summed E-state index contributed by atoms with van der Waals surface area (Å²) in [6.45, 7) is 7.66. The zero-order chi connectivity index (χ0) is 22.5. The molecule has 1 heterocycles. The number of nitrogens with one attached hydrogen (secondary N) is 2. The second-order valence-corrected chi connectivity index (χ2v) is 10.5. The lowest BCUT2D eigenvalue weighted by molar-refractivity contribution is 0.0527. The number of amides is 1. The highest BCUT2D eigenvalue weighted by Crippen LogP contribution is 2.29. The Morgan fingerprint density at radius 1 is 1.20 bits per heavy atom. The number of carbonyl (C=O) groups is 1. The molecule has 10 heteroatoms. The molecule has 0 spiro atoms. The minimum Gasteiger partial charge on any atom is -0.444 e. The molecule has 1 atom stereocenters. The number of rotatable bonds is 8. The van der Waals surface area contributed by atoms with Crippen LogP contribution in [0.1, 0.15) is 47.0 Å². The van der Waals surface area contributed by atoms with Crippen LogP contribution in [0.25, 0.3) is 10.8 Å². The van der Waals surface area contributed by atoms with Gasteiger partial charge in [0, 0.05) is 29.6 Å². The van der Waals surface area contributed by atoms with Gasteiger partial charge in [0.05, 0.1) is 9.92 Å². The maximum atomic E-state index is 12.7. The molecule has 0 aliphatic heterocycles.